The number of hydrogen-bond donors (Lipinski definition) is 0. The van der Waals surface area contributed by atoms with Crippen molar-refractivity contribution >= 4 is 39.1 Å². The van der Waals surface area contributed by atoms with Crippen LogP contribution in [0.1, 0.15) is 62.7 Å². The molecule has 1 fully saturated rings. The van der Waals surface area contributed by atoms with E-state index in [-0.39, 0.29) is 21.4 Å². The van der Waals surface area contributed by atoms with Crippen LogP contribution in [0.2, 0.25) is 5.02 Å². The third-order valence-electron chi connectivity index (χ3n) is 4.94. The lowest BCUT2D eigenvalue weighted by Crippen LogP contribution is -2.36. The molecule has 1 aromatic carbocycles. The van der Waals surface area contributed by atoms with Gasteiger partial charge in [-0.1, -0.05) is 31.9 Å². The fourth-order valence-electron chi connectivity index (χ4n) is 3.69. The monoisotopic (exact) mass is 411 g/mol. The Kier molecular flexibility index (Phi) is 6.11. The lowest BCUT2D eigenvalue weighted by Gasteiger charge is -2.30. The molecule has 0 saturated carbocycles. The van der Waals surface area contributed by atoms with E-state index in [2.05, 4.69) is 4.40 Å². The van der Waals surface area contributed by atoms with E-state index in [1.54, 1.807) is 11.0 Å². The summed E-state index contributed by atoms with van der Waals surface area (Å²) in [4.78, 5) is 16.7. The van der Waals surface area contributed by atoms with Crippen LogP contribution in [-0.2, 0) is 10.0 Å². The van der Waals surface area contributed by atoms with Gasteiger partial charge < -0.3 is 9.80 Å². The Balaban J connectivity index is 2.07. The highest BCUT2D eigenvalue weighted by atomic mass is 35.5. The average molecular weight is 412 g/mol. The summed E-state index contributed by atoms with van der Waals surface area (Å²) < 4.78 is 29.6. The molecular weight excluding hydrogens is 386 g/mol. The molecule has 1 aromatic rings. The van der Waals surface area contributed by atoms with Crippen LogP contribution in [0, 0.1) is 0 Å². The summed E-state index contributed by atoms with van der Waals surface area (Å²) in [6.07, 6.45) is 5.23. The normalized spacial score (nSPS) is 18.2. The number of benzene rings is 1. The van der Waals surface area contributed by atoms with E-state index in [9.17, 15) is 13.2 Å². The number of carbonyl (C=O) groups excluding carboxylic acids is 1. The number of rotatable bonds is 5. The number of amides is 1. The molecular formula is C19H26ClN3O3S. The number of halogens is 1. The Morgan fingerprint density at radius 2 is 1.89 bits per heavy atom. The highest BCUT2D eigenvalue weighted by Crippen LogP contribution is 2.38. The van der Waals surface area contributed by atoms with Gasteiger partial charge in [-0.15, -0.1) is 4.40 Å². The molecule has 0 unspecified atom stereocenters. The third-order valence-corrected chi connectivity index (χ3v) is 6.59. The molecule has 27 heavy (non-hydrogen) atoms. The molecule has 8 heteroatoms. The van der Waals surface area contributed by atoms with Gasteiger partial charge in [-0.05, 0) is 37.8 Å². The minimum atomic E-state index is -3.83. The van der Waals surface area contributed by atoms with E-state index in [0.717, 1.165) is 32.1 Å². The number of sulfonamides is 1. The molecule has 0 aromatic heterocycles. The molecule has 6 nitrogen and oxygen atoms in total. The van der Waals surface area contributed by atoms with Crippen LogP contribution in [0.15, 0.2) is 21.4 Å². The van der Waals surface area contributed by atoms with Crippen molar-refractivity contribution in [3.8, 4) is 0 Å². The summed E-state index contributed by atoms with van der Waals surface area (Å²) >= 11 is 6.46. The molecule has 0 aliphatic carbocycles. The van der Waals surface area contributed by atoms with Gasteiger partial charge in [-0.25, -0.2) is 0 Å². The molecule has 1 saturated heterocycles. The van der Waals surface area contributed by atoms with Gasteiger partial charge in [-0.3, -0.25) is 4.79 Å². The molecule has 3 rings (SSSR count). The maximum absolute atomic E-state index is 13.0. The first kappa shape index (κ1) is 20.1. The zero-order valence-corrected chi connectivity index (χ0v) is 17.4. The minimum absolute atomic E-state index is 0.0776. The van der Waals surface area contributed by atoms with Crippen molar-refractivity contribution in [1.29, 1.82) is 0 Å². The first-order valence-electron chi connectivity index (χ1n) is 9.63. The largest absolute Gasteiger partial charge is 0.339 e. The number of amidine groups is 1. The fraction of sp³-hybridized carbons (Fsp3) is 0.579. The molecule has 0 radical (unpaired) electrons. The summed E-state index contributed by atoms with van der Waals surface area (Å²) in [7, 11) is -3.83. The van der Waals surface area contributed by atoms with Crippen LogP contribution >= 0.6 is 11.6 Å². The van der Waals surface area contributed by atoms with Crippen molar-refractivity contribution in [2.45, 2.75) is 57.3 Å². The highest BCUT2D eigenvalue weighted by molar-refractivity contribution is 7.90. The molecule has 2 heterocycles. The standard InChI is InChI=1S/C19H26ClN3O3S/c1-3-9-22(10-4-2)19(24)14-12-17-16(13-15(14)20)23-11-7-5-6-8-18(23)21-27(17,25)26/h12-13H,3-11H2,1-2H3. The third kappa shape index (κ3) is 3.99. The van der Waals surface area contributed by atoms with Crippen LogP contribution in [0.3, 0.4) is 0 Å². The van der Waals surface area contributed by atoms with Gasteiger partial charge in [0.05, 0.1) is 16.3 Å². The first-order chi connectivity index (χ1) is 12.9. The maximum Gasteiger partial charge on any atom is 0.286 e. The summed E-state index contributed by atoms with van der Waals surface area (Å²) in [5, 5.41) is 0.289. The van der Waals surface area contributed by atoms with Crippen LogP contribution < -0.4 is 4.90 Å². The zero-order chi connectivity index (χ0) is 19.6. The van der Waals surface area contributed by atoms with Gasteiger partial charge in [0.2, 0.25) is 0 Å². The number of hydrogen-bond acceptors (Lipinski definition) is 4. The van der Waals surface area contributed by atoms with E-state index < -0.39 is 10.0 Å². The molecule has 0 spiro atoms. The Hall–Kier alpha value is -1.60. The van der Waals surface area contributed by atoms with Crippen LogP contribution in [0.5, 0.6) is 0 Å². The van der Waals surface area contributed by atoms with Gasteiger partial charge in [0, 0.05) is 26.1 Å². The van der Waals surface area contributed by atoms with Crippen molar-refractivity contribution in [2.24, 2.45) is 4.40 Å². The van der Waals surface area contributed by atoms with Gasteiger partial charge in [-0.2, -0.15) is 8.42 Å². The molecule has 1 amide bonds. The number of nitrogens with zero attached hydrogens (tertiary/aromatic N) is 3. The average Bonchev–Trinajstić information content (AvgIpc) is 2.85. The number of carbonyl (C=O) groups is 1. The van der Waals surface area contributed by atoms with Crippen molar-refractivity contribution in [1.82, 2.24) is 4.90 Å². The minimum Gasteiger partial charge on any atom is -0.339 e. The summed E-state index contributed by atoms with van der Waals surface area (Å²) in [6, 6.07) is 3.04. The Morgan fingerprint density at radius 1 is 1.19 bits per heavy atom. The number of anilines is 1. The zero-order valence-electron chi connectivity index (χ0n) is 15.9. The first-order valence-corrected chi connectivity index (χ1v) is 11.4. The molecule has 2 aliphatic heterocycles. The van der Waals surface area contributed by atoms with E-state index in [4.69, 9.17) is 11.6 Å². The summed E-state index contributed by atoms with van der Waals surface area (Å²) in [5.74, 6) is 0.348. The van der Waals surface area contributed by atoms with Gasteiger partial charge in [0.15, 0.2) is 0 Å². The van der Waals surface area contributed by atoms with E-state index in [0.29, 0.717) is 37.6 Å². The topological polar surface area (TPSA) is 70.1 Å². The van der Waals surface area contributed by atoms with Crippen LogP contribution in [0.25, 0.3) is 0 Å². The van der Waals surface area contributed by atoms with E-state index in [1.165, 1.54) is 6.07 Å². The fourth-order valence-corrected chi connectivity index (χ4v) is 5.19. The van der Waals surface area contributed by atoms with Gasteiger partial charge >= 0.3 is 0 Å². The van der Waals surface area contributed by atoms with Crippen molar-refractivity contribution in [3.05, 3.63) is 22.7 Å². The van der Waals surface area contributed by atoms with Crippen molar-refractivity contribution in [3.63, 3.8) is 0 Å². The number of fused-ring (bicyclic) bond motifs is 3. The highest BCUT2D eigenvalue weighted by Gasteiger charge is 2.33. The lowest BCUT2D eigenvalue weighted by molar-refractivity contribution is 0.0755. The van der Waals surface area contributed by atoms with Crippen molar-refractivity contribution in [2.75, 3.05) is 24.5 Å². The summed E-state index contributed by atoms with van der Waals surface area (Å²) in [5.41, 5.74) is 0.773. The van der Waals surface area contributed by atoms with Crippen LogP contribution in [-0.4, -0.2) is 44.7 Å². The lowest BCUT2D eigenvalue weighted by atomic mass is 10.1. The van der Waals surface area contributed by atoms with Crippen LogP contribution in [0.4, 0.5) is 5.69 Å². The molecule has 148 valence electrons. The molecule has 0 N–H and O–H groups in total. The van der Waals surface area contributed by atoms with Crippen molar-refractivity contribution < 1.29 is 13.2 Å². The smallest absolute Gasteiger partial charge is 0.286 e. The second-order valence-corrected chi connectivity index (χ2v) is 9.02. The second-order valence-electron chi connectivity index (χ2n) is 7.04. The Labute approximate surface area is 166 Å². The molecule has 2 aliphatic rings. The SMILES string of the molecule is CCCN(CCC)C(=O)c1cc2c(cc1Cl)N1CCCCCC1=NS2(=O)=O. The van der Waals surface area contributed by atoms with Gasteiger partial charge in [0.1, 0.15) is 10.7 Å². The van der Waals surface area contributed by atoms with E-state index >= 15 is 0 Å². The predicted molar refractivity (Wildman–Crippen MR) is 108 cm³/mol. The molecule has 0 atom stereocenters. The Bertz CT molecular complexity index is 861. The quantitative estimate of drug-likeness (QED) is 0.731. The van der Waals surface area contributed by atoms with E-state index in [1.807, 2.05) is 18.7 Å². The predicted octanol–water partition coefficient (Wildman–Crippen LogP) is 4.08. The second kappa shape index (κ2) is 8.19. The van der Waals surface area contributed by atoms with Gasteiger partial charge in [0.25, 0.3) is 15.9 Å². The Morgan fingerprint density at radius 3 is 2.56 bits per heavy atom. The molecule has 0 bridgehead atoms. The maximum atomic E-state index is 13.0. The summed E-state index contributed by atoms with van der Waals surface area (Å²) in [6.45, 7) is 5.94.